The lowest BCUT2D eigenvalue weighted by molar-refractivity contribution is 0.305. The van der Waals surface area contributed by atoms with Gasteiger partial charge in [0, 0.05) is 16.8 Å². The zero-order valence-corrected chi connectivity index (χ0v) is 11.6. The lowest BCUT2D eigenvalue weighted by Gasteiger charge is -2.06. The van der Waals surface area contributed by atoms with Crippen LogP contribution in [0.4, 0.5) is 0 Å². The van der Waals surface area contributed by atoms with E-state index in [0.717, 1.165) is 10.2 Å². The molecule has 0 spiro atoms. The number of pyridine rings is 1. The van der Waals surface area contributed by atoms with E-state index in [-0.39, 0.29) is 5.75 Å². The summed E-state index contributed by atoms with van der Waals surface area (Å²) in [7, 11) is -2.90. The van der Waals surface area contributed by atoms with Gasteiger partial charge in [0.15, 0.2) is 0 Å². The average Bonchev–Trinajstić information content (AvgIpc) is 2.17. The number of nitrogens with zero attached hydrogens (tertiary/aromatic N) is 1. The second-order valence-electron chi connectivity index (χ2n) is 3.55. The predicted molar refractivity (Wildman–Crippen MR) is 66.5 cm³/mol. The Morgan fingerprint density at radius 2 is 2.12 bits per heavy atom. The Bertz CT molecular complexity index is 459. The maximum atomic E-state index is 10.9. The van der Waals surface area contributed by atoms with Crippen molar-refractivity contribution in [2.45, 2.75) is 13.3 Å². The van der Waals surface area contributed by atoms with Crippen LogP contribution in [-0.2, 0) is 9.84 Å². The quantitative estimate of drug-likeness (QED) is 0.780. The molecule has 0 aromatic carbocycles. The van der Waals surface area contributed by atoms with Crippen molar-refractivity contribution < 1.29 is 13.2 Å². The van der Waals surface area contributed by atoms with E-state index in [0.29, 0.717) is 18.9 Å². The summed E-state index contributed by atoms with van der Waals surface area (Å²) in [6, 6.07) is 3.60. The third-order valence-corrected chi connectivity index (χ3v) is 3.77. The molecule has 6 heteroatoms. The zero-order chi connectivity index (χ0) is 12.2. The van der Waals surface area contributed by atoms with E-state index in [4.69, 9.17) is 4.74 Å². The summed E-state index contributed by atoms with van der Waals surface area (Å²) in [6.07, 6.45) is 1.70. The molecule has 0 fully saturated rings. The molecule has 0 unspecified atom stereocenters. The molecule has 90 valence electrons. The summed E-state index contributed by atoms with van der Waals surface area (Å²) in [5.74, 6) is 0.664. The van der Waals surface area contributed by atoms with Crippen LogP contribution in [0.25, 0.3) is 0 Å². The largest absolute Gasteiger partial charge is 0.478 e. The Morgan fingerprint density at radius 1 is 1.44 bits per heavy atom. The van der Waals surface area contributed by atoms with Crippen LogP contribution < -0.4 is 4.74 Å². The second kappa shape index (κ2) is 5.63. The maximum Gasteiger partial charge on any atom is 0.213 e. The molecule has 16 heavy (non-hydrogen) atoms. The van der Waals surface area contributed by atoms with Crippen molar-refractivity contribution in [2.24, 2.45) is 0 Å². The molecule has 4 nitrogen and oxygen atoms in total. The zero-order valence-electron chi connectivity index (χ0n) is 9.23. The monoisotopic (exact) mass is 307 g/mol. The van der Waals surface area contributed by atoms with E-state index < -0.39 is 9.84 Å². The van der Waals surface area contributed by atoms with Crippen LogP contribution >= 0.6 is 15.9 Å². The minimum atomic E-state index is -2.90. The highest BCUT2D eigenvalue weighted by molar-refractivity contribution is 9.10. The molecule has 0 aliphatic rings. The fraction of sp³-hybridized carbons (Fsp3) is 0.500. The predicted octanol–water partition coefficient (Wildman–Crippen LogP) is 1.97. The van der Waals surface area contributed by atoms with Crippen LogP contribution in [0.1, 0.15) is 12.1 Å². The molecule has 1 heterocycles. The molecule has 1 aromatic heterocycles. The molecule has 0 N–H and O–H groups in total. The topological polar surface area (TPSA) is 56.3 Å². The Kier molecular flexibility index (Phi) is 4.73. The molecule has 0 radical (unpaired) electrons. The van der Waals surface area contributed by atoms with Crippen molar-refractivity contribution in [3.63, 3.8) is 0 Å². The van der Waals surface area contributed by atoms with Gasteiger partial charge in [0.05, 0.1) is 18.1 Å². The van der Waals surface area contributed by atoms with Crippen molar-refractivity contribution in [3.8, 4) is 5.88 Å². The van der Waals surface area contributed by atoms with Crippen LogP contribution in [0.3, 0.4) is 0 Å². The van der Waals surface area contributed by atoms with Crippen LogP contribution in [0, 0.1) is 6.92 Å². The van der Waals surface area contributed by atoms with Gasteiger partial charge in [-0.15, -0.1) is 0 Å². The van der Waals surface area contributed by atoms with Crippen molar-refractivity contribution in [3.05, 3.63) is 22.3 Å². The minimum absolute atomic E-state index is 0.141. The molecule has 0 aliphatic carbocycles. The van der Waals surface area contributed by atoms with Gasteiger partial charge in [0.2, 0.25) is 5.88 Å². The van der Waals surface area contributed by atoms with Gasteiger partial charge in [0.25, 0.3) is 0 Å². The van der Waals surface area contributed by atoms with Gasteiger partial charge in [-0.1, -0.05) is 0 Å². The van der Waals surface area contributed by atoms with E-state index in [2.05, 4.69) is 20.9 Å². The lowest BCUT2D eigenvalue weighted by atomic mass is 10.4. The highest BCUT2D eigenvalue weighted by Crippen LogP contribution is 2.17. The van der Waals surface area contributed by atoms with Gasteiger partial charge in [-0.25, -0.2) is 13.4 Å². The van der Waals surface area contributed by atoms with Gasteiger partial charge >= 0.3 is 0 Å². The van der Waals surface area contributed by atoms with Crippen LogP contribution in [0.15, 0.2) is 16.6 Å². The molecular formula is C10H14BrNO3S. The Balaban J connectivity index is 2.41. The Hall–Kier alpha value is -0.620. The molecule has 0 saturated carbocycles. The SMILES string of the molecule is Cc1nc(OCCCS(C)(=O)=O)ccc1Br. The summed E-state index contributed by atoms with van der Waals surface area (Å²) < 4.78 is 28.0. The summed E-state index contributed by atoms with van der Waals surface area (Å²) in [5.41, 5.74) is 0.848. The van der Waals surface area contributed by atoms with E-state index in [1.54, 1.807) is 6.07 Å². The average molecular weight is 308 g/mol. The molecule has 0 bridgehead atoms. The number of halogens is 1. The fourth-order valence-electron chi connectivity index (χ4n) is 1.10. The van der Waals surface area contributed by atoms with E-state index in [9.17, 15) is 8.42 Å². The summed E-state index contributed by atoms with van der Waals surface area (Å²) in [4.78, 5) is 4.19. The number of aryl methyl sites for hydroxylation is 1. The third-order valence-electron chi connectivity index (χ3n) is 1.91. The fourth-order valence-corrected chi connectivity index (χ4v) is 1.96. The number of aromatic nitrogens is 1. The smallest absolute Gasteiger partial charge is 0.213 e. The first-order valence-electron chi connectivity index (χ1n) is 4.82. The maximum absolute atomic E-state index is 10.9. The van der Waals surface area contributed by atoms with Crippen LogP contribution in [0.2, 0.25) is 0 Å². The van der Waals surface area contributed by atoms with Crippen molar-refractivity contribution in [1.82, 2.24) is 4.98 Å². The highest BCUT2D eigenvalue weighted by Gasteiger charge is 2.03. The van der Waals surface area contributed by atoms with Crippen molar-refractivity contribution >= 4 is 25.8 Å². The molecule has 0 saturated heterocycles. The van der Waals surface area contributed by atoms with Gasteiger partial charge in [-0.3, -0.25) is 0 Å². The van der Waals surface area contributed by atoms with E-state index in [1.165, 1.54) is 6.26 Å². The molecule has 0 amide bonds. The van der Waals surface area contributed by atoms with Crippen molar-refractivity contribution in [1.29, 1.82) is 0 Å². The van der Waals surface area contributed by atoms with E-state index in [1.807, 2.05) is 13.0 Å². The minimum Gasteiger partial charge on any atom is -0.478 e. The van der Waals surface area contributed by atoms with Gasteiger partial charge in [-0.05, 0) is 35.3 Å². The van der Waals surface area contributed by atoms with E-state index >= 15 is 0 Å². The Labute approximate surface area is 104 Å². The first-order chi connectivity index (χ1) is 7.38. The molecular weight excluding hydrogens is 294 g/mol. The highest BCUT2D eigenvalue weighted by atomic mass is 79.9. The molecule has 0 atom stereocenters. The number of hydrogen-bond donors (Lipinski definition) is 0. The summed E-state index contributed by atoms with van der Waals surface area (Å²) in [5, 5.41) is 0. The Morgan fingerprint density at radius 3 is 2.69 bits per heavy atom. The van der Waals surface area contributed by atoms with Gasteiger partial charge in [-0.2, -0.15) is 0 Å². The third kappa shape index (κ3) is 4.94. The number of hydrogen-bond acceptors (Lipinski definition) is 4. The normalized spacial score (nSPS) is 11.4. The number of ether oxygens (including phenoxy) is 1. The van der Waals surface area contributed by atoms with Crippen molar-refractivity contribution in [2.75, 3.05) is 18.6 Å². The summed E-state index contributed by atoms with van der Waals surface area (Å²) >= 11 is 3.34. The van der Waals surface area contributed by atoms with Crippen LogP contribution in [-0.4, -0.2) is 32.0 Å². The van der Waals surface area contributed by atoms with Gasteiger partial charge in [0.1, 0.15) is 9.84 Å². The lowest BCUT2D eigenvalue weighted by Crippen LogP contribution is -2.08. The first kappa shape index (κ1) is 13.4. The number of sulfone groups is 1. The number of rotatable bonds is 5. The summed E-state index contributed by atoms with van der Waals surface area (Å²) in [6.45, 7) is 2.23. The first-order valence-corrected chi connectivity index (χ1v) is 7.67. The second-order valence-corrected chi connectivity index (χ2v) is 6.66. The molecule has 1 rings (SSSR count). The van der Waals surface area contributed by atoms with Gasteiger partial charge < -0.3 is 4.74 Å². The van der Waals surface area contributed by atoms with Crippen LogP contribution in [0.5, 0.6) is 5.88 Å². The standard InChI is InChI=1S/C10H14BrNO3S/c1-8-9(11)4-5-10(12-8)15-6-3-7-16(2,13)14/h4-5H,3,6-7H2,1-2H3. The molecule has 1 aromatic rings. The molecule has 0 aliphatic heterocycles.